The number of rotatable bonds is 47. The SMILES string of the molecule is CSSCCC(=O)NCCCCCCNC(=O)COC(CCNCCCNC(=O)CCSSCCCONCCCNCCCCNCCCN)CNCCCN. The fourth-order valence-electron chi connectivity index (χ4n) is 5.11. The lowest BCUT2D eigenvalue weighted by Crippen LogP contribution is -2.37. The highest BCUT2D eigenvalue weighted by atomic mass is 33.1. The Hall–Kier alpha value is -0.550. The summed E-state index contributed by atoms with van der Waals surface area (Å²) in [6, 6.07) is 0. The molecule has 1 unspecified atom stereocenters. The largest absolute Gasteiger partial charge is 0.367 e. The van der Waals surface area contributed by atoms with E-state index in [0.29, 0.717) is 52.2 Å². The van der Waals surface area contributed by atoms with E-state index in [9.17, 15) is 14.4 Å². The van der Waals surface area contributed by atoms with E-state index in [-0.39, 0.29) is 30.4 Å². The van der Waals surface area contributed by atoms with Crippen molar-refractivity contribution in [2.45, 2.75) is 96.0 Å². The number of carbonyl (C=O) groups is 3. The third-order valence-corrected chi connectivity index (χ3v) is 12.7. The Kier molecular flexibility index (Phi) is 47.7. The molecule has 57 heavy (non-hydrogen) atoms. The number of hydrogen-bond acceptors (Lipinski definition) is 16. The minimum atomic E-state index is -0.101. The first-order chi connectivity index (χ1) is 28.0. The van der Waals surface area contributed by atoms with Crippen LogP contribution in [0.25, 0.3) is 0 Å². The lowest BCUT2D eigenvalue weighted by Gasteiger charge is -2.19. The van der Waals surface area contributed by atoms with Gasteiger partial charge in [-0.3, -0.25) is 14.4 Å². The molecular weight excluding hydrogens is 805 g/mol. The standard InChI is InChI=1S/C38H82N10O5S4/c1-54-55-31-14-36(49)45-24-4-2-3-5-25-47-38(51)34-52-35(33-44-21-9-17-40)13-28-43-22-10-26-46-37(50)15-32-57-56-30-12-29-53-48-27-11-23-42-19-7-6-18-41-20-8-16-39/h35,41-44,48H,2-34,39-40H2,1H3,(H,45,49)(H,46,50)(H,47,51). The molecule has 15 nitrogen and oxygen atoms in total. The molecular formula is C38H82N10O5S4. The average molecular weight is 887 g/mol. The van der Waals surface area contributed by atoms with Gasteiger partial charge in [0.1, 0.15) is 6.61 Å². The maximum atomic E-state index is 12.4. The van der Waals surface area contributed by atoms with Gasteiger partial charge >= 0.3 is 0 Å². The fraction of sp³-hybridized carbons (Fsp3) is 0.921. The van der Waals surface area contributed by atoms with E-state index in [1.807, 2.05) is 6.26 Å². The molecule has 1 atom stereocenters. The highest BCUT2D eigenvalue weighted by Crippen LogP contribution is 2.22. The van der Waals surface area contributed by atoms with Crippen LogP contribution in [0, 0.1) is 0 Å². The minimum absolute atomic E-state index is 0.0353. The van der Waals surface area contributed by atoms with Gasteiger partial charge in [-0.05, 0) is 129 Å². The first kappa shape index (κ1) is 56.5. The van der Waals surface area contributed by atoms with Gasteiger partial charge in [0.05, 0.1) is 12.7 Å². The summed E-state index contributed by atoms with van der Waals surface area (Å²) >= 11 is 0. The number of hydrogen-bond donors (Lipinski definition) is 10. The molecule has 0 aromatic heterocycles. The van der Waals surface area contributed by atoms with E-state index in [4.69, 9.17) is 21.0 Å². The number of amides is 3. The Labute approximate surface area is 361 Å². The number of hydroxylamine groups is 1. The summed E-state index contributed by atoms with van der Waals surface area (Å²) in [7, 11) is 6.91. The molecule has 0 aliphatic heterocycles. The van der Waals surface area contributed by atoms with Crippen molar-refractivity contribution in [1.82, 2.24) is 42.7 Å². The zero-order valence-electron chi connectivity index (χ0n) is 35.2. The lowest BCUT2D eigenvalue weighted by atomic mass is 10.2. The van der Waals surface area contributed by atoms with Crippen LogP contribution in [0.5, 0.6) is 0 Å². The minimum Gasteiger partial charge on any atom is -0.367 e. The first-order valence-electron chi connectivity index (χ1n) is 21.4. The molecule has 0 radical (unpaired) electrons. The lowest BCUT2D eigenvalue weighted by molar-refractivity contribution is -0.127. The highest BCUT2D eigenvalue weighted by molar-refractivity contribution is 8.76. The smallest absolute Gasteiger partial charge is 0.246 e. The van der Waals surface area contributed by atoms with Gasteiger partial charge in [-0.1, -0.05) is 56.0 Å². The summed E-state index contributed by atoms with van der Waals surface area (Å²) in [5.74, 6) is 2.74. The number of ether oxygens (including phenoxy) is 1. The van der Waals surface area contributed by atoms with Crippen molar-refractivity contribution >= 4 is 60.9 Å². The third kappa shape index (κ3) is 46.4. The van der Waals surface area contributed by atoms with Gasteiger partial charge in [0.15, 0.2) is 0 Å². The van der Waals surface area contributed by atoms with Crippen LogP contribution >= 0.6 is 43.2 Å². The molecule has 0 spiro atoms. The van der Waals surface area contributed by atoms with Crippen molar-refractivity contribution in [2.24, 2.45) is 11.5 Å². The Balaban J connectivity index is 3.71. The third-order valence-electron chi connectivity index (χ3n) is 8.37. The zero-order chi connectivity index (χ0) is 41.5. The van der Waals surface area contributed by atoms with Crippen LogP contribution in [0.15, 0.2) is 0 Å². The van der Waals surface area contributed by atoms with Gasteiger partial charge in [-0.2, -0.15) is 0 Å². The molecule has 0 bridgehead atoms. The molecule has 3 amide bonds. The Morgan fingerprint density at radius 1 is 0.526 bits per heavy atom. The van der Waals surface area contributed by atoms with Crippen molar-refractivity contribution < 1.29 is 24.0 Å². The summed E-state index contributed by atoms with van der Waals surface area (Å²) in [6.45, 7) is 12.1. The molecule has 0 aliphatic rings. The quantitative estimate of drug-likeness (QED) is 0.0241. The normalized spacial score (nSPS) is 11.8. The van der Waals surface area contributed by atoms with Crippen molar-refractivity contribution in [2.75, 3.05) is 128 Å². The molecule has 12 N–H and O–H groups in total. The van der Waals surface area contributed by atoms with E-state index in [0.717, 1.165) is 140 Å². The molecule has 0 aliphatic carbocycles. The van der Waals surface area contributed by atoms with Gasteiger partial charge in [0, 0.05) is 62.8 Å². The van der Waals surface area contributed by atoms with Crippen molar-refractivity contribution in [3.63, 3.8) is 0 Å². The van der Waals surface area contributed by atoms with Crippen molar-refractivity contribution in [3.05, 3.63) is 0 Å². The van der Waals surface area contributed by atoms with E-state index in [1.54, 1.807) is 43.2 Å². The van der Waals surface area contributed by atoms with Crippen LogP contribution in [0.4, 0.5) is 0 Å². The predicted molar refractivity (Wildman–Crippen MR) is 248 cm³/mol. The van der Waals surface area contributed by atoms with E-state index >= 15 is 0 Å². The topological polar surface area (TPSA) is 218 Å². The molecule has 0 heterocycles. The molecule has 0 rings (SSSR count). The molecule has 0 fully saturated rings. The summed E-state index contributed by atoms with van der Waals surface area (Å²) in [4.78, 5) is 41.9. The molecule has 0 saturated carbocycles. The summed E-state index contributed by atoms with van der Waals surface area (Å²) in [5.41, 5.74) is 14.2. The summed E-state index contributed by atoms with van der Waals surface area (Å²) in [5, 5.41) is 22.6. The zero-order valence-corrected chi connectivity index (χ0v) is 38.5. The second-order valence-corrected chi connectivity index (χ2v) is 19.0. The number of nitrogens with one attached hydrogen (secondary N) is 8. The van der Waals surface area contributed by atoms with Crippen LogP contribution in [-0.4, -0.2) is 152 Å². The van der Waals surface area contributed by atoms with E-state index in [1.165, 1.54) is 12.8 Å². The number of nitrogens with two attached hydrogens (primary N) is 2. The Morgan fingerprint density at radius 2 is 1.04 bits per heavy atom. The molecule has 19 heteroatoms. The molecule has 0 aromatic carbocycles. The van der Waals surface area contributed by atoms with Crippen LogP contribution in [0.2, 0.25) is 0 Å². The Bertz CT molecular complexity index is 896. The van der Waals surface area contributed by atoms with Crippen LogP contribution in [0.1, 0.15) is 89.9 Å². The van der Waals surface area contributed by atoms with Gasteiger partial charge < -0.3 is 58.3 Å². The number of unbranched alkanes of at least 4 members (excludes halogenated alkanes) is 4. The highest BCUT2D eigenvalue weighted by Gasteiger charge is 2.12. The molecule has 0 saturated heterocycles. The fourth-order valence-corrected chi connectivity index (χ4v) is 8.35. The van der Waals surface area contributed by atoms with Gasteiger partial charge in [-0.25, -0.2) is 5.48 Å². The first-order valence-corrected chi connectivity index (χ1v) is 26.6. The van der Waals surface area contributed by atoms with Gasteiger partial charge in [-0.15, -0.1) is 0 Å². The van der Waals surface area contributed by atoms with Crippen molar-refractivity contribution in [3.8, 4) is 0 Å². The second-order valence-electron chi connectivity index (χ2n) is 13.6. The Morgan fingerprint density at radius 3 is 1.68 bits per heavy atom. The molecule has 0 aromatic rings. The molecule has 338 valence electrons. The van der Waals surface area contributed by atoms with Crippen LogP contribution in [0.3, 0.4) is 0 Å². The van der Waals surface area contributed by atoms with Crippen LogP contribution < -0.4 is 54.2 Å². The maximum absolute atomic E-state index is 12.4. The predicted octanol–water partition coefficient (Wildman–Crippen LogP) is 2.37. The number of carbonyl (C=O) groups excluding carboxylic acids is 3. The maximum Gasteiger partial charge on any atom is 0.246 e. The monoisotopic (exact) mass is 887 g/mol. The van der Waals surface area contributed by atoms with Crippen molar-refractivity contribution in [1.29, 1.82) is 0 Å². The summed E-state index contributed by atoms with van der Waals surface area (Å²) < 4.78 is 5.96. The summed E-state index contributed by atoms with van der Waals surface area (Å²) in [6.07, 6.45) is 14.8. The van der Waals surface area contributed by atoms with E-state index in [2.05, 4.69) is 42.7 Å². The second kappa shape index (κ2) is 48.1. The average Bonchev–Trinajstić information content (AvgIpc) is 3.21. The van der Waals surface area contributed by atoms with E-state index < -0.39 is 0 Å². The van der Waals surface area contributed by atoms with Gasteiger partial charge in [0.2, 0.25) is 17.7 Å². The van der Waals surface area contributed by atoms with Crippen LogP contribution in [-0.2, 0) is 24.0 Å². The van der Waals surface area contributed by atoms with Gasteiger partial charge in [0.25, 0.3) is 0 Å².